The molecule has 0 bridgehead atoms. The first-order chi connectivity index (χ1) is 16.2. The van der Waals surface area contributed by atoms with Crippen molar-refractivity contribution < 1.29 is 33.4 Å². The molecule has 10 heteroatoms. The van der Waals surface area contributed by atoms with Gasteiger partial charge in [-0.05, 0) is 66.4 Å². The molecule has 1 aromatic rings. The number of benzene rings is 1. The summed E-state index contributed by atoms with van der Waals surface area (Å²) in [5, 5.41) is 7.69. The molecule has 0 spiro atoms. The van der Waals surface area contributed by atoms with Gasteiger partial charge < -0.3 is 30.2 Å². The molecule has 1 unspecified atom stereocenters. The first-order valence-corrected chi connectivity index (χ1v) is 11.7. The van der Waals surface area contributed by atoms with Crippen molar-refractivity contribution in [1.82, 2.24) is 16.0 Å². The zero-order chi connectivity index (χ0) is 26.5. The van der Waals surface area contributed by atoms with Crippen LogP contribution in [0.4, 0.5) is 9.59 Å². The van der Waals surface area contributed by atoms with Crippen molar-refractivity contribution in [3.05, 3.63) is 35.9 Å². The number of carbonyl (C=O) groups is 4. The van der Waals surface area contributed by atoms with Gasteiger partial charge >= 0.3 is 18.2 Å². The monoisotopic (exact) mass is 493 g/mol. The van der Waals surface area contributed by atoms with Crippen LogP contribution >= 0.6 is 0 Å². The lowest BCUT2D eigenvalue weighted by molar-refractivity contribution is -0.145. The summed E-state index contributed by atoms with van der Waals surface area (Å²) in [6.07, 6.45) is 0.0873. The number of esters is 1. The number of rotatable bonds is 11. The second-order valence-electron chi connectivity index (χ2n) is 9.99. The summed E-state index contributed by atoms with van der Waals surface area (Å²) in [5.74, 6) is -1.13. The third-order valence-electron chi connectivity index (χ3n) is 4.24. The molecule has 0 heterocycles. The Kier molecular flexibility index (Phi) is 12.0. The van der Waals surface area contributed by atoms with Crippen molar-refractivity contribution in [3.8, 4) is 0 Å². The van der Waals surface area contributed by atoms with Crippen molar-refractivity contribution >= 4 is 24.1 Å². The molecule has 0 fully saturated rings. The third-order valence-corrected chi connectivity index (χ3v) is 4.24. The van der Waals surface area contributed by atoms with Gasteiger partial charge in [0.1, 0.15) is 30.4 Å². The van der Waals surface area contributed by atoms with Crippen LogP contribution in [-0.2, 0) is 30.4 Å². The maximum Gasteiger partial charge on any atom is 0.408 e. The number of hydrogen-bond donors (Lipinski definition) is 3. The lowest BCUT2D eigenvalue weighted by Crippen LogP contribution is -2.49. The fraction of sp³-hybridized carbons (Fsp3) is 0.600. The highest BCUT2D eigenvalue weighted by atomic mass is 16.6. The Bertz CT molecular complexity index is 830. The summed E-state index contributed by atoms with van der Waals surface area (Å²) in [6.45, 7) is 10.6. The van der Waals surface area contributed by atoms with Gasteiger partial charge in [0.15, 0.2) is 0 Å². The van der Waals surface area contributed by atoms with E-state index >= 15 is 0 Å². The maximum atomic E-state index is 12.7. The average Bonchev–Trinajstić information content (AvgIpc) is 2.73. The molecule has 1 aromatic carbocycles. The molecule has 0 saturated carbocycles. The molecule has 0 aliphatic heterocycles. The Hall–Kier alpha value is -3.30. The van der Waals surface area contributed by atoms with E-state index in [-0.39, 0.29) is 19.6 Å². The standard InChI is InChI=1S/C25H39N3O7/c1-24(2,3)34-22(31)26-15-11-10-14-19(28-23(32)35-25(4,5)6)21(30)27-16-20(29)33-17-18-12-8-7-9-13-18/h7-9,12-13,19H,10-11,14-17H2,1-6H3,(H,26,31)(H,27,30)(H,28,32). The number of ether oxygens (including phenoxy) is 3. The van der Waals surface area contributed by atoms with E-state index in [1.165, 1.54) is 0 Å². The molecule has 1 atom stereocenters. The van der Waals surface area contributed by atoms with Crippen molar-refractivity contribution in [1.29, 1.82) is 0 Å². The van der Waals surface area contributed by atoms with Crippen LogP contribution in [0.5, 0.6) is 0 Å². The minimum absolute atomic E-state index is 0.0970. The summed E-state index contributed by atoms with van der Waals surface area (Å²) in [4.78, 5) is 48.6. The molecule has 10 nitrogen and oxygen atoms in total. The second-order valence-corrected chi connectivity index (χ2v) is 9.99. The van der Waals surface area contributed by atoms with Crippen molar-refractivity contribution in [2.24, 2.45) is 0 Å². The topological polar surface area (TPSA) is 132 Å². The molecule has 35 heavy (non-hydrogen) atoms. The number of hydrogen-bond acceptors (Lipinski definition) is 7. The van der Waals surface area contributed by atoms with E-state index in [4.69, 9.17) is 14.2 Å². The number of nitrogens with one attached hydrogen (secondary N) is 3. The summed E-state index contributed by atoms with van der Waals surface area (Å²) in [7, 11) is 0. The first-order valence-electron chi connectivity index (χ1n) is 11.7. The first kappa shape index (κ1) is 29.7. The van der Waals surface area contributed by atoms with Crippen LogP contribution in [0.3, 0.4) is 0 Å². The molecule has 196 valence electrons. The number of unbranched alkanes of at least 4 members (excludes halogenated alkanes) is 1. The highest BCUT2D eigenvalue weighted by Crippen LogP contribution is 2.09. The quantitative estimate of drug-likeness (QED) is 0.244. The molecule has 0 aliphatic rings. The summed E-state index contributed by atoms with van der Waals surface area (Å²) >= 11 is 0. The Labute approximate surface area is 207 Å². The van der Waals surface area contributed by atoms with Crippen LogP contribution in [0.1, 0.15) is 66.4 Å². The normalized spacial score (nSPS) is 12.2. The van der Waals surface area contributed by atoms with E-state index in [1.807, 2.05) is 30.3 Å². The lowest BCUT2D eigenvalue weighted by Gasteiger charge is -2.23. The zero-order valence-electron chi connectivity index (χ0n) is 21.6. The summed E-state index contributed by atoms with van der Waals surface area (Å²) < 4.78 is 15.6. The predicted molar refractivity (Wildman–Crippen MR) is 130 cm³/mol. The highest BCUT2D eigenvalue weighted by molar-refractivity contribution is 5.88. The molecule has 0 radical (unpaired) electrons. The summed E-state index contributed by atoms with van der Waals surface area (Å²) in [6, 6.07) is 8.25. The molecular formula is C25H39N3O7. The van der Waals surface area contributed by atoms with Crippen LogP contribution in [0.2, 0.25) is 0 Å². The van der Waals surface area contributed by atoms with E-state index in [1.54, 1.807) is 41.5 Å². The van der Waals surface area contributed by atoms with Gasteiger partial charge in [-0.15, -0.1) is 0 Å². The van der Waals surface area contributed by atoms with Gasteiger partial charge in [0.05, 0.1) is 0 Å². The van der Waals surface area contributed by atoms with E-state index in [0.29, 0.717) is 19.4 Å². The number of alkyl carbamates (subject to hydrolysis) is 2. The Morgan fingerprint density at radius 1 is 0.829 bits per heavy atom. The van der Waals surface area contributed by atoms with Crippen molar-refractivity contribution in [2.45, 2.75) is 84.7 Å². The third kappa shape index (κ3) is 15.3. The molecule has 0 saturated heterocycles. The predicted octanol–water partition coefficient (Wildman–Crippen LogP) is 3.43. The van der Waals surface area contributed by atoms with Gasteiger partial charge in [-0.2, -0.15) is 0 Å². The van der Waals surface area contributed by atoms with Gasteiger partial charge in [-0.3, -0.25) is 9.59 Å². The van der Waals surface area contributed by atoms with Crippen LogP contribution in [0, 0.1) is 0 Å². The van der Waals surface area contributed by atoms with Crippen LogP contribution in [0.25, 0.3) is 0 Å². The Morgan fingerprint density at radius 3 is 2.03 bits per heavy atom. The molecule has 3 N–H and O–H groups in total. The Balaban J connectivity index is 2.53. The zero-order valence-corrected chi connectivity index (χ0v) is 21.6. The highest BCUT2D eigenvalue weighted by Gasteiger charge is 2.24. The van der Waals surface area contributed by atoms with E-state index in [9.17, 15) is 19.2 Å². The smallest absolute Gasteiger partial charge is 0.408 e. The minimum atomic E-state index is -0.923. The van der Waals surface area contributed by atoms with E-state index < -0.39 is 41.3 Å². The second kappa shape index (κ2) is 14.2. The summed E-state index contributed by atoms with van der Waals surface area (Å²) in [5.41, 5.74) is -0.493. The van der Waals surface area contributed by atoms with Crippen LogP contribution in [-0.4, -0.2) is 54.4 Å². The van der Waals surface area contributed by atoms with Crippen molar-refractivity contribution in [3.63, 3.8) is 0 Å². The molecule has 0 aromatic heterocycles. The van der Waals surface area contributed by atoms with E-state index in [2.05, 4.69) is 16.0 Å². The van der Waals surface area contributed by atoms with Crippen LogP contribution in [0.15, 0.2) is 30.3 Å². The number of carbonyl (C=O) groups excluding carboxylic acids is 4. The van der Waals surface area contributed by atoms with Gasteiger partial charge in [0.25, 0.3) is 0 Å². The van der Waals surface area contributed by atoms with Gasteiger partial charge in [-0.25, -0.2) is 9.59 Å². The lowest BCUT2D eigenvalue weighted by atomic mass is 10.1. The van der Waals surface area contributed by atoms with Crippen molar-refractivity contribution in [2.75, 3.05) is 13.1 Å². The van der Waals surface area contributed by atoms with E-state index in [0.717, 1.165) is 5.56 Å². The average molecular weight is 494 g/mol. The van der Waals surface area contributed by atoms with Gasteiger partial charge in [0, 0.05) is 6.54 Å². The van der Waals surface area contributed by atoms with Gasteiger partial charge in [-0.1, -0.05) is 30.3 Å². The molecule has 1 rings (SSSR count). The fourth-order valence-electron chi connectivity index (χ4n) is 2.77. The van der Waals surface area contributed by atoms with Gasteiger partial charge in [0.2, 0.25) is 5.91 Å². The fourth-order valence-corrected chi connectivity index (χ4v) is 2.77. The molecule has 0 aliphatic carbocycles. The Morgan fingerprint density at radius 2 is 1.43 bits per heavy atom. The minimum Gasteiger partial charge on any atom is -0.460 e. The molecular weight excluding hydrogens is 454 g/mol. The SMILES string of the molecule is CC(C)(C)OC(=O)NCCCCC(NC(=O)OC(C)(C)C)C(=O)NCC(=O)OCc1ccccc1. The molecule has 3 amide bonds. The maximum absolute atomic E-state index is 12.7. The van der Waals surface area contributed by atoms with Crippen LogP contribution < -0.4 is 16.0 Å². The largest absolute Gasteiger partial charge is 0.460 e. The number of amides is 3.